The number of aliphatic hydroxyl groups is 1. The summed E-state index contributed by atoms with van der Waals surface area (Å²) in [5.74, 6) is -1.61. The van der Waals surface area contributed by atoms with Gasteiger partial charge in [0, 0.05) is 16.9 Å². The summed E-state index contributed by atoms with van der Waals surface area (Å²) in [6.45, 7) is 2.22. The summed E-state index contributed by atoms with van der Waals surface area (Å²) in [6, 6.07) is 7.86. The summed E-state index contributed by atoms with van der Waals surface area (Å²) in [6.07, 6.45) is 4.36. The average Bonchev–Trinajstić information content (AvgIpc) is 3.40. The fourth-order valence-electron chi connectivity index (χ4n) is 4.03. The molecule has 0 amide bonds. The van der Waals surface area contributed by atoms with Gasteiger partial charge in [-0.05, 0) is 29.8 Å². The van der Waals surface area contributed by atoms with Gasteiger partial charge in [-0.2, -0.15) is 18.3 Å². The van der Waals surface area contributed by atoms with Crippen molar-refractivity contribution in [1.82, 2.24) is 14.8 Å². The molecule has 0 bridgehead atoms. The van der Waals surface area contributed by atoms with Gasteiger partial charge in [-0.3, -0.25) is 0 Å². The predicted molar refractivity (Wildman–Crippen MR) is 136 cm³/mol. The Balaban J connectivity index is 1.33. The van der Waals surface area contributed by atoms with Crippen LogP contribution in [0.1, 0.15) is 23.6 Å². The van der Waals surface area contributed by atoms with E-state index in [0.717, 1.165) is 24.3 Å². The molecule has 2 heterocycles. The van der Waals surface area contributed by atoms with E-state index in [4.69, 9.17) is 9.47 Å². The summed E-state index contributed by atoms with van der Waals surface area (Å²) < 4.78 is 79.1. The van der Waals surface area contributed by atoms with Gasteiger partial charge in [-0.25, -0.2) is 18.4 Å². The van der Waals surface area contributed by atoms with Crippen molar-refractivity contribution in [2.75, 3.05) is 13.2 Å². The zero-order valence-electron chi connectivity index (χ0n) is 20.8. The lowest BCUT2D eigenvalue weighted by Gasteiger charge is -2.37. The number of nitrogens with zero attached hydrogens (tertiary/aromatic N) is 3. The van der Waals surface area contributed by atoms with E-state index in [0.29, 0.717) is 5.56 Å². The third-order valence-electron chi connectivity index (χ3n) is 6.14. The van der Waals surface area contributed by atoms with Crippen molar-refractivity contribution >= 4 is 17.8 Å². The molecular formula is C27H26F5N3O3S. The fourth-order valence-corrected chi connectivity index (χ4v) is 5.35. The first-order valence-corrected chi connectivity index (χ1v) is 12.9. The van der Waals surface area contributed by atoms with E-state index in [1.54, 1.807) is 31.2 Å². The number of hydrogen-bond donors (Lipinski definition) is 1. The van der Waals surface area contributed by atoms with Crippen LogP contribution in [0.4, 0.5) is 22.0 Å². The van der Waals surface area contributed by atoms with Gasteiger partial charge in [-0.1, -0.05) is 43.4 Å². The average molecular weight is 568 g/mol. The molecule has 6 nitrogen and oxygen atoms in total. The van der Waals surface area contributed by atoms with Crippen LogP contribution in [0.25, 0.3) is 6.08 Å². The summed E-state index contributed by atoms with van der Waals surface area (Å²) in [5.41, 5.74) is -1.89. The molecule has 1 N–H and O–H groups in total. The Morgan fingerprint density at radius 2 is 1.82 bits per heavy atom. The zero-order chi connectivity index (χ0) is 28.0. The number of aromatic nitrogens is 3. The molecule has 208 valence electrons. The SMILES string of the molecule is CC(SC1COC(/C=C/C=C/c2ccc(C(F)(F)F)cc2)OC1)C(O)(Cn1cncn1)c1ccc(F)cc1F. The highest BCUT2D eigenvalue weighted by Gasteiger charge is 2.41. The number of alkyl halides is 3. The molecule has 2 unspecified atom stereocenters. The topological polar surface area (TPSA) is 69.4 Å². The van der Waals surface area contributed by atoms with Crippen LogP contribution >= 0.6 is 11.8 Å². The summed E-state index contributed by atoms with van der Waals surface area (Å²) in [5, 5.41) is 14.9. The first-order chi connectivity index (χ1) is 18.5. The minimum Gasteiger partial charge on any atom is -0.382 e. The lowest BCUT2D eigenvalue weighted by molar-refractivity contribution is -0.146. The largest absolute Gasteiger partial charge is 0.416 e. The van der Waals surface area contributed by atoms with E-state index in [-0.39, 0.29) is 30.6 Å². The number of thioether (sulfide) groups is 1. The Morgan fingerprint density at radius 1 is 1.10 bits per heavy atom. The second-order valence-electron chi connectivity index (χ2n) is 8.94. The van der Waals surface area contributed by atoms with Crippen molar-refractivity contribution in [3.05, 3.63) is 102 Å². The van der Waals surface area contributed by atoms with Crippen molar-refractivity contribution < 1.29 is 36.5 Å². The molecule has 1 aromatic heterocycles. The lowest BCUT2D eigenvalue weighted by Crippen LogP contribution is -2.43. The molecule has 2 atom stereocenters. The van der Waals surface area contributed by atoms with Gasteiger partial charge in [0.25, 0.3) is 0 Å². The van der Waals surface area contributed by atoms with Crippen LogP contribution in [0.2, 0.25) is 0 Å². The van der Waals surface area contributed by atoms with Gasteiger partial charge in [0.05, 0.1) is 30.6 Å². The monoisotopic (exact) mass is 567 g/mol. The molecule has 0 spiro atoms. The fraction of sp³-hybridized carbons (Fsp3) is 0.333. The third-order valence-corrected chi connectivity index (χ3v) is 7.59. The maximum Gasteiger partial charge on any atom is 0.416 e. The molecule has 39 heavy (non-hydrogen) atoms. The number of halogens is 5. The van der Waals surface area contributed by atoms with Crippen molar-refractivity contribution in [2.45, 2.75) is 42.0 Å². The van der Waals surface area contributed by atoms with E-state index < -0.39 is 40.5 Å². The second kappa shape index (κ2) is 12.4. The molecule has 1 fully saturated rings. The van der Waals surface area contributed by atoms with Crippen molar-refractivity contribution in [1.29, 1.82) is 0 Å². The van der Waals surface area contributed by atoms with E-state index in [1.807, 2.05) is 0 Å². The Kier molecular flexibility index (Phi) is 9.21. The lowest BCUT2D eigenvalue weighted by atomic mass is 9.90. The van der Waals surface area contributed by atoms with Gasteiger partial charge in [-0.15, -0.1) is 11.8 Å². The van der Waals surface area contributed by atoms with Crippen molar-refractivity contribution in [3.63, 3.8) is 0 Å². The molecule has 0 radical (unpaired) electrons. The van der Waals surface area contributed by atoms with E-state index in [9.17, 15) is 27.1 Å². The summed E-state index contributed by atoms with van der Waals surface area (Å²) in [4.78, 5) is 3.87. The molecule has 3 aromatic rings. The van der Waals surface area contributed by atoms with Crippen LogP contribution in [-0.4, -0.2) is 49.9 Å². The molecule has 1 saturated heterocycles. The Labute approximate surface area is 226 Å². The standard InChI is InChI=1S/C27H26F5N3O3S/c1-18(26(36,15-35-17-33-16-34-35)23-11-10-21(28)12-24(23)29)39-22-13-37-25(38-14-22)5-3-2-4-19-6-8-20(9-7-19)27(30,31)32/h2-12,16-18,22,25,36H,13-15H2,1H3/b4-2+,5-3+. The molecule has 1 aliphatic heterocycles. The van der Waals surface area contributed by atoms with Crippen molar-refractivity contribution in [2.24, 2.45) is 0 Å². The van der Waals surface area contributed by atoms with E-state index >= 15 is 0 Å². The zero-order valence-corrected chi connectivity index (χ0v) is 21.6. The summed E-state index contributed by atoms with van der Waals surface area (Å²) >= 11 is 1.35. The molecule has 2 aromatic carbocycles. The molecule has 12 heteroatoms. The summed E-state index contributed by atoms with van der Waals surface area (Å²) in [7, 11) is 0. The first kappa shape index (κ1) is 28.9. The Hall–Kier alpha value is -3.06. The van der Waals surface area contributed by atoms with Gasteiger partial charge < -0.3 is 14.6 Å². The van der Waals surface area contributed by atoms with E-state index in [1.165, 1.54) is 47.3 Å². The molecule has 1 aliphatic rings. The molecule has 0 saturated carbocycles. The second-order valence-corrected chi connectivity index (χ2v) is 10.6. The van der Waals surface area contributed by atoms with Crippen LogP contribution in [-0.2, 0) is 27.8 Å². The normalized spacial score (nSPS) is 20.9. The smallest absolute Gasteiger partial charge is 0.382 e. The Bertz CT molecular complexity index is 1280. The third kappa shape index (κ3) is 7.53. The van der Waals surface area contributed by atoms with Crippen molar-refractivity contribution in [3.8, 4) is 0 Å². The van der Waals surface area contributed by atoms with Gasteiger partial charge in [0.2, 0.25) is 0 Å². The van der Waals surface area contributed by atoms with Crippen LogP contribution in [0.5, 0.6) is 0 Å². The number of allylic oxidation sites excluding steroid dienone is 2. The molecule has 0 aliphatic carbocycles. The van der Waals surface area contributed by atoms with Crippen LogP contribution < -0.4 is 0 Å². The van der Waals surface area contributed by atoms with Gasteiger partial charge >= 0.3 is 6.18 Å². The highest BCUT2D eigenvalue weighted by molar-refractivity contribution is 8.00. The number of ether oxygens (including phenoxy) is 2. The minimum absolute atomic E-state index is 0.0577. The van der Waals surface area contributed by atoms with Crippen LogP contribution in [0, 0.1) is 11.6 Å². The van der Waals surface area contributed by atoms with E-state index in [2.05, 4.69) is 10.1 Å². The minimum atomic E-state index is -4.38. The van der Waals surface area contributed by atoms with Gasteiger partial charge in [0.15, 0.2) is 6.29 Å². The van der Waals surface area contributed by atoms with Crippen LogP contribution in [0.15, 0.2) is 73.3 Å². The van der Waals surface area contributed by atoms with Crippen LogP contribution in [0.3, 0.4) is 0 Å². The maximum absolute atomic E-state index is 14.7. The molecular weight excluding hydrogens is 541 g/mol. The number of benzene rings is 2. The predicted octanol–water partition coefficient (Wildman–Crippen LogP) is 5.60. The maximum atomic E-state index is 14.7. The quantitative estimate of drug-likeness (QED) is 0.268. The number of hydrogen-bond acceptors (Lipinski definition) is 6. The first-order valence-electron chi connectivity index (χ1n) is 12.0. The highest BCUT2D eigenvalue weighted by Crippen LogP contribution is 2.38. The number of rotatable bonds is 9. The molecule has 4 rings (SSSR count). The Morgan fingerprint density at radius 3 is 2.44 bits per heavy atom. The highest BCUT2D eigenvalue weighted by atomic mass is 32.2. The van der Waals surface area contributed by atoms with Gasteiger partial charge in [0.1, 0.15) is 29.9 Å².